The van der Waals surface area contributed by atoms with Gasteiger partial charge in [-0.1, -0.05) is 59.3 Å². The maximum absolute atomic E-state index is 10.8. The molecule has 0 aromatic carbocycles. The number of hydrogen-bond donors (Lipinski definition) is 0. The minimum absolute atomic E-state index is 0.337. The molecule has 90 valence electrons. The maximum atomic E-state index is 10.8. The molecule has 0 spiro atoms. The predicted octanol–water partition coefficient (Wildman–Crippen LogP) is 4.60. The van der Waals surface area contributed by atoms with E-state index in [9.17, 15) is 4.79 Å². The molecule has 0 aromatic heterocycles. The lowest BCUT2D eigenvalue weighted by Gasteiger charge is -2.10. The van der Waals surface area contributed by atoms with Gasteiger partial charge < -0.3 is 4.79 Å². The van der Waals surface area contributed by atoms with Crippen molar-refractivity contribution < 1.29 is 4.79 Å². The number of rotatable bonds is 10. The molecule has 0 bridgehead atoms. The number of hydrogen-bond acceptors (Lipinski definition) is 1. The van der Waals surface area contributed by atoms with Crippen LogP contribution in [0.2, 0.25) is 0 Å². The van der Waals surface area contributed by atoms with E-state index in [1.165, 1.54) is 44.8 Å². The van der Waals surface area contributed by atoms with Gasteiger partial charge in [-0.2, -0.15) is 0 Å². The lowest BCUT2D eigenvalue weighted by atomic mass is 9.95. The third-order valence-electron chi connectivity index (χ3n) is 2.98. The van der Waals surface area contributed by atoms with Gasteiger partial charge in [-0.3, -0.25) is 0 Å². The average Bonchev–Trinajstić information content (AvgIpc) is 2.21. The average molecular weight is 212 g/mol. The van der Waals surface area contributed by atoms with Crippen molar-refractivity contribution in [3.63, 3.8) is 0 Å². The van der Waals surface area contributed by atoms with Gasteiger partial charge in [0.2, 0.25) is 0 Å². The highest BCUT2D eigenvalue weighted by molar-refractivity contribution is 5.53. The summed E-state index contributed by atoms with van der Waals surface area (Å²) in [7, 11) is 0. The summed E-state index contributed by atoms with van der Waals surface area (Å²) in [5.74, 6) is 1.14. The van der Waals surface area contributed by atoms with Gasteiger partial charge in [0.15, 0.2) is 0 Å². The Morgan fingerprint density at radius 3 is 1.93 bits per heavy atom. The van der Waals surface area contributed by atoms with Gasteiger partial charge in [0.05, 0.1) is 0 Å². The van der Waals surface area contributed by atoms with Crippen molar-refractivity contribution >= 4 is 6.29 Å². The third kappa shape index (κ3) is 9.96. The van der Waals surface area contributed by atoms with Gasteiger partial charge in [0.1, 0.15) is 6.29 Å². The number of carbonyl (C=O) groups is 1. The Hall–Kier alpha value is -0.330. The van der Waals surface area contributed by atoms with E-state index >= 15 is 0 Å². The molecular weight excluding hydrogens is 184 g/mol. The fourth-order valence-electron chi connectivity index (χ4n) is 1.90. The van der Waals surface area contributed by atoms with Gasteiger partial charge >= 0.3 is 0 Å². The fraction of sp³-hybridized carbons (Fsp3) is 0.929. The monoisotopic (exact) mass is 212 g/mol. The molecule has 1 nitrogen and oxygen atoms in total. The van der Waals surface area contributed by atoms with Crippen molar-refractivity contribution in [2.24, 2.45) is 11.8 Å². The molecule has 0 amide bonds. The summed E-state index contributed by atoms with van der Waals surface area (Å²) in [5, 5.41) is 0. The number of unbranched alkanes of at least 4 members (excludes halogenated alkanes) is 3. The molecular formula is C14H28O. The first kappa shape index (κ1) is 14.7. The Balaban J connectivity index is 3.40. The molecule has 0 aliphatic rings. The second-order valence-corrected chi connectivity index (χ2v) is 5.07. The van der Waals surface area contributed by atoms with E-state index < -0.39 is 0 Å². The molecule has 0 N–H and O–H groups in total. The smallest absolute Gasteiger partial charge is 0.123 e. The molecule has 0 aliphatic carbocycles. The predicted molar refractivity (Wildman–Crippen MR) is 67.0 cm³/mol. The summed E-state index contributed by atoms with van der Waals surface area (Å²) in [6.45, 7) is 6.73. The summed E-state index contributed by atoms with van der Waals surface area (Å²) in [6.07, 6.45) is 11.0. The van der Waals surface area contributed by atoms with Crippen LogP contribution in [0.1, 0.15) is 72.1 Å². The Bertz CT molecular complexity index is 140. The van der Waals surface area contributed by atoms with E-state index in [4.69, 9.17) is 0 Å². The van der Waals surface area contributed by atoms with Crippen molar-refractivity contribution in [3.8, 4) is 0 Å². The van der Waals surface area contributed by atoms with Gasteiger partial charge in [-0.25, -0.2) is 0 Å². The Labute approximate surface area is 95.6 Å². The Morgan fingerprint density at radius 2 is 1.47 bits per heavy atom. The zero-order chi connectivity index (χ0) is 11.5. The molecule has 0 aliphatic heterocycles. The van der Waals surface area contributed by atoms with Crippen LogP contribution >= 0.6 is 0 Å². The molecule has 0 saturated carbocycles. The van der Waals surface area contributed by atoms with Crippen molar-refractivity contribution in [1.29, 1.82) is 0 Å². The molecule has 1 unspecified atom stereocenters. The molecule has 0 saturated heterocycles. The fourth-order valence-corrected chi connectivity index (χ4v) is 1.90. The standard InChI is InChI=1S/C14H28O/c1-4-5-6-10-14(12-15)11-8-7-9-13(2)3/h12-14H,4-11H2,1-3H3. The minimum Gasteiger partial charge on any atom is -0.303 e. The summed E-state index contributed by atoms with van der Waals surface area (Å²) in [6, 6.07) is 0. The van der Waals surface area contributed by atoms with Crippen LogP contribution in [0, 0.1) is 11.8 Å². The van der Waals surface area contributed by atoms with E-state index in [1.807, 2.05) is 0 Å². The van der Waals surface area contributed by atoms with Gasteiger partial charge in [0.25, 0.3) is 0 Å². The van der Waals surface area contributed by atoms with Crippen LogP contribution in [-0.4, -0.2) is 6.29 Å². The van der Waals surface area contributed by atoms with Crippen LogP contribution in [-0.2, 0) is 4.79 Å². The lowest BCUT2D eigenvalue weighted by molar-refractivity contribution is -0.111. The first-order valence-corrected chi connectivity index (χ1v) is 6.66. The zero-order valence-corrected chi connectivity index (χ0v) is 10.8. The SMILES string of the molecule is CCCCCC(C=O)CCCCC(C)C. The highest BCUT2D eigenvalue weighted by atomic mass is 16.1. The van der Waals surface area contributed by atoms with E-state index in [0.29, 0.717) is 5.92 Å². The minimum atomic E-state index is 0.337. The van der Waals surface area contributed by atoms with Crippen LogP contribution in [0.15, 0.2) is 0 Å². The van der Waals surface area contributed by atoms with Gasteiger partial charge in [0, 0.05) is 5.92 Å². The van der Waals surface area contributed by atoms with Crippen molar-refractivity contribution in [2.75, 3.05) is 0 Å². The highest BCUT2D eigenvalue weighted by Gasteiger charge is 2.06. The summed E-state index contributed by atoms with van der Waals surface area (Å²) >= 11 is 0. The van der Waals surface area contributed by atoms with Crippen LogP contribution in [0.4, 0.5) is 0 Å². The van der Waals surface area contributed by atoms with Gasteiger partial charge in [-0.15, -0.1) is 0 Å². The first-order chi connectivity index (χ1) is 7.20. The van der Waals surface area contributed by atoms with Crippen LogP contribution in [0.25, 0.3) is 0 Å². The summed E-state index contributed by atoms with van der Waals surface area (Å²) in [5.41, 5.74) is 0. The largest absolute Gasteiger partial charge is 0.303 e. The maximum Gasteiger partial charge on any atom is 0.123 e. The van der Waals surface area contributed by atoms with Crippen LogP contribution in [0.5, 0.6) is 0 Å². The van der Waals surface area contributed by atoms with Crippen molar-refractivity contribution in [1.82, 2.24) is 0 Å². The van der Waals surface area contributed by atoms with E-state index in [2.05, 4.69) is 20.8 Å². The number of aldehydes is 1. The second-order valence-electron chi connectivity index (χ2n) is 5.07. The Morgan fingerprint density at radius 1 is 0.933 bits per heavy atom. The van der Waals surface area contributed by atoms with E-state index in [1.54, 1.807) is 0 Å². The molecule has 0 rings (SSSR count). The quantitative estimate of drug-likeness (QED) is 0.382. The molecule has 0 fully saturated rings. The second kappa shape index (κ2) is 10.2. The molecule has 0 aromatic rings. The third-order valence-corrected chi connectivity index (χ3v) is 2.98. The van der Waals surface area contributed by atoms with Crippen molar-refractivity contribution in [3.05, 3.63) is 0 Å². The van der Waals surface area contributed by atoms with Crippen molar-refractivity contribution in [2.45, 2.75) is 72.1 Å². The number of carbonyl (C=O) groups excluding carboxylic acids is 1. The molecule has 1 heteroatoms. The molecule has 0 radical (unpaired) electrons. The lowest BCUT2D eigenvalue weighted by Crippen LogP contribution is -2.02. The van der Waals surface area contributed by atoms with E-state index in [-0.39, 0.29) is 0 Å². The van der Waals surface area contributed by atoms with E-state index in [0.717, 1.165) is 18.8 Å². The normalized spacial score (nSPS) is 13.1. The molecule has 0 heterocycles. The molecule has 1 atom stereocenters. The Kier molecular flexibility index (Phi) is 9.97. The highest BCUT2D eigenvalue weighted by Crippen LogP contribution is 2.16. The topological polar surface area (TPSA) is 17.1 Å². The zero-order valence-electron chi connectivity index (χ0n) is 10.8. The van der Waals surface area contributed by atoms with Gasteiger partial charge in [-0.05, 0) is 18.8 Å². The molecule has 15 heavy (non-hydrogen) atoms. The first-order valence-electron chi connectivity index (χ1n) is 6.66. The van der Waals surface area contributed by atoms with Crippen LogP contribution < -0.4 is 0 Å². The van der Waals surface area contributed by atoms with Crippen LogP contribution in [0.3, 0.4) is 0 Å². The summed E-state index contributed by atoms with van der Waals surface area (Å²) < 4.78 is 0. The summed E-state index contributed by atoms with van der Waals surface area (Å²) in [4.78, 5) is 10.8.